The number of nitrogens with one attached hydrogen (secondary N) is 1. The second-order valence-electron chi connectivity index (χ2n) is 5.81. The lowest BCUT2D eigenvalue weighted by molar-refractivity contribution is -0.113. The van der Waals surface area contributed by atoms with Gasteiger partial charge in [-0.15, -0.1) is 0 Å². The number of aliphatic hydroxyl groups excluding tert-OH is 1. The van der Waals surface area contributed by atoms with E-state index < -0.39 is 32.8 Å². The van der Waals surface area contributed by atoms with Crippen LogP contribution in [0, 0.1) is 6.92 Å². The molecule has 0 aromatic heterocycles. The Hall–Kier alpha value is -3.13. The van der Waals surface area contributed by atoms with E-state index in [0.717, 1.165) is 5.56 Å². The lowest BCUT2D eigenvalue weighted by atomic mass is 10.1. The predicted octanol–water partition coefficient (Wildman–Crippen LogP) is 1.85. The summed E-state index contributed by atoms with van der Waals surface area (Å²) in [6.07, 6.45) is 0. The summed E-state index contributed by atoms with van der Waals surface area (Å²) in [5, 5.41) is 12.9. The number of fused-ring (bicyclic) bond motifs is 1. The highest BCUT2D eigenvalue weighted by atomic mass is 32.2. The molecule has 1 heterocycles. The van der Waals surface area contributed by atoms with Crippen LogP contribution in [-0.2, 0) is 14.8 Å². The molecule has 1 aliphatic rings. The largest absolute Gasteiger partial charge is 0.505 e. The summed E-state index contributed by atoms with van der Waals surface area (Å²) in [7, 11) is -2.82. The maximum Gasteiger partial charge on any atom is 0.276 e. The van der Waals surface area contributed by atoms with E-state index in [-0.39, 0.29) is 16.1 Å². The molecule has 26 heavy (non-hydrogen) atoms. The molecule has 0 fully saturated rings. The lowest BCUT2D eigenvalue weighted by Crippen LogP contribution is -2.37. The van der Waals surface area contributed by atoms with Gasteiger partial charge in [-0.05, 0) is 36.8 Å². The van der Waals surface area contributed by atoms with Gasteiger partial charge in [0.1, 0.15) is 0 Å². The summed E-state index contributed by atoms with van der Waals surface area (Å²) in [5.74, 6) is -1.37. The fraction of sp³-hybridized carbons (Fsp3) is 0.111. The van der Waals surface area contributed by atoms with E-state index in [9.17, 15) is 23.1 Å². The van der Waals surface area contributed by atoms with Gasteiger partial charge in [0.15, 0.2) is 11.5 Å². The summed E-state index contributed by atoms with van der Waals surface area (Å²) in [5.41, 5.74) is -0.133. The van der Waals surface area contributed by atoms with E-state index in [1.165, 1.54) is 37.4 Å². The standard InChI is InChI=1S/C18H16N2O5S/c1-11-6-5-8-14(21)13(10-11)19-18(23)16-17(22)12-7-3-4-9-15(12)26(24,25)20(16)2/h3-10,22H,1-2H3,(H,19,21,23). The van der Waals surface area contributed by atoms with Crippen LogP contribution in [0.1, 0.15) is 11.1 Å². The Balaban J connectivity index is 2.12. The molecule has 134 valence electrons. The molecular weight excluding hydrogens is 356 g/mol. The van der Waals surface area contributed by atoms with Crippen molar-refractivity contribution in [2.45, 2.75) is 11.8 Å². The molecule has 0 saturated heterocycles. The van der Waals surface area contributed by atoms with Gasteiger partial charge in [0.2, 0.25) is 5.43 Å². The number of aryl methyl sites for hydroxylation is 1. The highest BCUT2D eigenvalue weighted by molar-refractivity contribution is 7.89. The first kappa shape index (κ1) is 17.7. The highest BCUT2D eigenvalue weighted by Crippen LogP contribution is 2.34. The fourth-order valence-electron chi connectivity index (χ4n) is 2.69. The maximum absolute atomic E-state index is 12.7. The summed E-state index contributed by atoms with van der Waals surface area (Å²) < 4.78 is 26.0. The lowest BCUT2D eigenvalue weighted by Gasteiger charge is -2.28. The third-order valence-electron chi connectivity index (χ3n) is 4.03. The Morgan fingerprint density at radius 2 is 1.81 bits per heavy atom. The topological polar surface area (TPSA) is 104 Å². The second-order valence-corrected chi connectivity index (χ2v) is 7.75. The van der Waals surface area contributed by atoms with Crippen molar-refractivity contribution in [1.82, 2.24) is 4.31 Å². The molecule has 0 bridgehead atoms. The number of aliphatic hydroxyl groups is 1. The van der Waals surface area contributed by atoms with Gasteiger partial charge in [-0.3, -0.25) is 13.9 Å². The number of carbonyl (C=O) groups is 1. The van der Waals surface area contributed by atoms with Crippen molar-refractivity contribution in [3.63, 3.8) is 0 Å². The zero-order valence-corrected chi connectivity index (χ0v) is 14.9. The van der Waals surface area contributed by atoms with Gasteiger partial charge in [0.25, 0.3) is 15.9 Å². The predicted molar refractivity (Wildman–Crippen MR) is 97.0 cm³/mol. The minimum Gasteiger partial charge on any atom is -0.505 e. The van der Waals surface area contributed by atoms with Gasteiger partial charge in [0, 0.05) is 12.6 Å². The summed E-state index contributed by atoms with van der Waals surface area (Å²) >= 11 is 0. The quantitative estimate of drug-likeness (QED) is 0.837. The second kappa shape index (κ2) is 6.30. The molecule has 1 amide bonds. The van der Waals surface area contributed by atoms with Crippen LogP contribution in [0.2, 0.25) is 0 Å². The van der Waals surface area contributed by atoms with Crippen molar-refractivity contribution >= 4 is 27.4 Å². The zero-order valence-electron chi connectivity index (χ0n) is 14.1. The van der Waals surface area contributed by atoms with E-state index in [1.807, 2.05) is 0 Å². The average Bonchev–Trinajstić information content (AvgIpc) is 2.74. The van der Waals surface area contributed by atoms with Gasteiger partial charge >= 0.3 is 0 Å². The van der Waals surface area contributed by atoms with Gasteiger partial charge < -0.3 is 10.4 Å². The number of hydrogen-bond donors (Lipinski definition) is 2. The Bertz CT molecular complexity index is 1110. The van der Waals surface area contributed by atoms with Crippen LogP contribution in [0.5, 0.6) is 0 Å². The molecule has 0 radical (unpaired) electrons. The molecular formula is C18H16N2O5S. The van der Waals surface area contributed by atoms with Crippen molar-refractivity contribution in [3.8, 4) is 0 Å². The molecule has 0 spiro atoms. The molecule has 2 N–H and O–H groups in total. The molecule has 7 nitrogen and oxygen atoms in total. The molecule has 2 aromatic carbocycles. The SMILES string of the molecule is Cc1cccc(=O)c(NC(=O)C2=C(O)c3ccccc3S(=O)(=O)N2C)c1. The van der Waals surface area contributed by atoms with E-state index in [1.54, 1.807) is 25.1 Å². The van der Waals surface area contributed by atoms with Gasteiger partial charge in [0.05, 0.1) is 10.6 Å². The minimum absolute atomic E-state index is 0.0116. The van der Waals surface area contributed by atoms with Crippen molar-refractivity contribution in [3.05, 3.63) is 75.6 Å². The van der Waals surface area contributed by atoms with Crippen LogP contribution in [-0.4, -0.2) is 30.8 Å². The van der Waals surface area contributed by atoms with Gasteiger partial charge in [-0.2, -0.15) is 0 Å². The number of carbonyl (C=O) groups excluding carboxylic acids is 1. The van der Waals surface area contributed by atoms with E-state index in [4.69, 9.17) is 0 Å². The molecule has 0 aliphatic carbocycles. The molecule has 0 saturated carbocycles. The monoisotopic (exact) mass is 372 g/mol. The van der Waals surface area contributed by atoms with E-state index in [0.29, 0.717) is 4.31 Å². The van der Waals surface area contributed by atoms with Crippen molar-refractivity contribution in [2.75, 3.05) is 12.4 Å². The third-order valence-corrected chi connectivity index (χ3v) is 5.84. The first-order valence-corrected chi connectivity index (χ1v) is 9.11. The zero-order chi connectivity index (χ0) is 19.1. The van der Waals surface area contributed by atoms with Gasteiger partial charge in [-0.25, -0.2) is 8.42 Å². The molecule has 2 aromatic rings. The number of anilines is 1. The van der Waals surface area contributed by atoms with Crippen molar-refractivity contribution < 1.29 is 18.3 Å². The normalized spacial score (nSPS) is 15.4. The summed E-state index contributed by atoms with van der Waals surface area (Å²) in [4.78, 5) is 24.6. The van der Waals surface area contributed by atoms with E-state index >= 15 is 0 Å². The average molecular weight is 372 g/mol. The number of rotatable bonds is 2. The Morgan fingerprint density at radius 1 is 1.12 bits per heavy atom. The number of sulfonamides is 1. The molecule has 3 rings (SSSR count). The Morgan fingerprint density at radius 3 is 2.54 bits per heavy atom. The van der Waals surface area contributed by atoms with Crippen molar-refractivity contribution in [1.29, 1.82) is 0 Å². The highest BCUT2D eigenvalue weighted by Gasteiger charge is 2.37. The maximum atomic E-state index is 12.7. The molecule has 8 heteroatoms. The van der Waals surface area contributed by atoms with Crippen LogP contribution in [0.4, 0.5) is 5.69 Å². The van der Waals surface area contributed by atoms with Crippen LogP contribution < -0.4 is 10.7 Å². The number of amides is 1. The number of likely N-dealkylation sites (N-methyl/N-ethyl adjacent to an activating group) is 1. The smallest absolute Gasteiger partial charge is 0.276 e. The van der Waals surface area contributed by atoms with Crippen LogP contribution in [0.15, 0.2) is 63.9 Å². The number of benzene rings is 1. The number of nitrogens with zero attached hydrogens (tertiary/aromatic N) is 1. The van der Waals surface area contributed by atoms with E-state index in [2.05, 4.69) is 5.32 Å². The Kier molecular flexibility index (Phi) is 4.29. The first-order chi connectivity index (χ1) is 12.2. The van der Waals surface area contributed by atoms with Crippen LogP contribution >= 0.6 is 0 Å². The minimum atomic E-state index is -4.00. The fourth-order valence-corrected chi connectivity index (χ4v) is 4.08. The molecule has 1 aliphatic heterocycles. The van der Waals surface area contributed by atoms with Crippen molar-refractivity contribution in [2.24, 2.45) is 0 Å². The molecule has 0 atom stereocenters. The number of hydrogen-bond acceptors (Lipinski definition) is 5. The van der Waals surface area contributed by atoms with Crippen LogP contribution in [0.25, 0.3) is 5.76 Å². The Labute approximate surface area is 150 Å². The summed E-state index contributed by atoms with van der Waals surface area (Å²) in [6, 6.07) is 11.9. The third kappa shape index (κ3) is 2.84. The molecule has 0 unspecified atom stereocenters. The summed E-state index contributed by atoms with van der Waals surface area (Å²) in [6.45, 7) is 1.75. The van der Waals surface area contributed by atoms with Crippen LogP contribution in [0.3, 0.4) is 0 Å². The first-order valence-electron chi connectivity index (χ1n) is 7.67. The van der Waals surface area contributed by atoms with Gasteiger partial charge in [-0.1, -0.05) is 24.3 Å².